The summed E-state index contributed by atoms with van der Waals surface area (Å²) in [5.74, 6) is -0.429. The van der Waals surface area contributed by atoms with Gasteiger partial charge in [-0.3, -0.25) is 19.4 Å². The highest BCUT2D eigenvalue weighted by Crippen LogP contribution is 2.32. The summed E-state index contributed by atoms with van der Waals surface area (Å²) < 4.78 is 5.85. The van der Waals surface area contributed by atoms with Gasteiger partial charge in [-0.15, -0.1) is 0 Å². The van der Waals surface area contributed by atoms with E-state index < -0.39 is 11.8 Å². The lowest BCUT2D eigenvalue weighted by Gasteiger charge is -2.36. The Labute approximate surface area is 221 Å². The van der Waals surface area contributed by atoms with E-state index in [1.807, 2.05) is 64.1 Å². The Morgan fingerprint density at radius 3 is 2.19 bits per heavy atom. The summed E-state index contributed by atoms with van der Waals surface area (Å²) in [5, 5.41) is 0.508. The molecule has 5 nitrogen and oxygen atoms in total. The predicted molar refractivity (Wildman–Crippen MR) is 150 cm³/mol. The normalized spacial score (nSPS) is 16.0. The zero-order chi connectivity index (χ0) is 26.0. The van der Waals surface area contributed by atoms with Crippen molar-refractivity contribution < 1.29 is 14.3 Å². The van der Waals surface area contributed by atoms with Crippen LogP contribution in [-0.4, -0.2) is 23.0 Å². The van der Waals surface area contributed by atoms with Gasteiger partial charge in [0, 0.05) is 0 Å². The third-order valence-electron chi connectivity index (χ3n) is 6.18. The Kier molecular flexibility index (Phi) is 7.57. The lowest BCUT2D eigenvalue weighted by atomic mass is 10.0. The van der Waals surface area contributed by atoms with E-state index in [1.54, 1.807) is 36.4 Å². The Balaban J connectivity index is 1.81. The maximum absolute atomic E-state index is 13.7. The number of anilines is 2. The topological polar surface area (TPSA) is 49.9 Å². The molecule has 0 N–H and O–H groups in total. The van der Waals surface area contributed by atoms with Crippen LogP contribution >= 0.6 is 23.8 Å². The summed E-state index contributed by atoms with van der Waals surface area (Å²) in [6, 6.07) is 19.9. The van der Waals surface area contributed by atoms with E-state index in [0.717, 1.165) is 17.5 Å². The van der Waals surface area contributed by atoms with Crippen LogP contribution in [0.3, 0.4) is 0 Å². The molecular weight excluding hydrogens is 492 g/mol. The van der Waals surface area contributed by atoms with Crippen LogP contribution in [-0.2, 0) is 9.59 Å². The van der Waals surface area contributed by atoms with Crippen LogP contribution in [0.1, 0.15) is 37.0 Å². The molecule has 0 radical (unpaired) electrons. The highest BCUT2D eigenvalue weighted by molar-refractivity contribution is 7.81. The number of thiocarbonyl (C=S) groups is 1. The molecule has 1 aliphatic heterocycles. The standard InChI is InChI=1S/C29H27ClN2O3S/c1-5-20(4)35-26-14-12-21(17-25(26)30)16-24-27(33)31(22-9-7-6-8-10-22)29(36)32(28(24)34)23-13-11-18(2)19(3)15-23/h6-17,20H,5H2,1-4H3/b24-16-/t20-/m0/s1. The van der Waals surface area contributed by atoms with Gasteiger partial charge in [-0.05, 0) is 98.6 Å². The van der Waals surface area contributed by atoms with Crippen molar-refractivity contribution in [2.24, 2.45) is 0 Å². The van der Waals surface area contributed by atoms with Gasteiger partial charge in [0.2, 0.25) is 0 Å². The quantitative estimate of drug-likeness (QED) is 0.203. The summed E-state index contributed by atoms with van der Waals surface area (Å²) in [6.07, 6.45) is 2.41. The zero-order valence-electron chi connectivity index (χ0n) is 20.6. The van der Waals surface area contributed by atoms with E-state index in [9.17, 15) is 9.59 Å². The van der Waals surface area contributed by atoms with Crippen molar-refractivity contribution in [3.8, 4) is 5.75 Å². The molecule has 1 heterocycles. The number of carbonyl (C=O) groups excluding carboxylic acids is 2. The molecule has 0 aromatic heterocycles. The van der Waals surface area contributed by atoms with Crippen molar-refractivity contribution in [2.75, 3.05) is 9.80 Å². The SMILES string of the molecule is CC[C@H](C)Oc1ccc(/C=C2/C(=O)N(c3ccccc3)C(=S)N(c3ccc(C)c(C)c3)C2=O)cc1Cl. The van der Waals surface area contributed by atoms with Crippen molar-refractivity contribution in [3.05, 3.63) is 94.0 Å². The summed E-state index contributed by atoms with van der Waals surface area (Å²) in [4.78, 5) is 30.2. The number of ether oxygens (including phenoxy) is 1. The number of halogens is 1. The molecular formula is C29H27ClN2O3S. The second-order valence-electron chi connectivity index (χ2n) is 8.75. The van der Waals surface area contributed by atoms with E-state index in [1.165, 1.54) is 9.80 Å². The van der Waals surface area contributed by atoms with Crippen LogP contribution in [0.5, 0.6) is 5.75 Å². The van der Waals surface area contributed by atoms with E-state index >= 15 is 0 Å². The van der Waals surface area contributed by atoms with Gasteiger partial charge in [-0.1, -0.05) is 48.9 Å². The molecule has 3 aromatic rings. The number of carbonyl (C=O) groups is 2. The molecule has 0 saturated carbocycles. The fraction of sp³-hybridized carbons (Fsp3) is 0.207. The Bertz CT molecular complexity index is 1370. The van der Waals surface area contributed by atoms with E-state index in [-0.39, 0.29) is 16.8 Å². The highest BCUT2D eigenvalue weighted by atomic mass is 35.5. The molecule has 0 bridgehead atoms. The number of benzene rings is 3. The number of hydrogen-bond acceptors (Lipinski definition) is 4. The number of para-hydroxylation sites is 1. The molecule has 1 aliphatic rings. The van der Waals surface area contributed by atoms with Crippen LogP contribution in [0.4, 0.5) is 11.4 Å². The molecule has 0 aliphatic carbocycles. The summed E-state index contributed by atoms with van der Waals surface area (Å²) >= 11 is 12.2. The fourth-order valence-corrected chi connectivity index (χ4v) is 4.41. The number of amides is 2. The molecule has 2 amide bonds. The maximum atomic E-state index is 13.7. The van der Waals surface area contributed by atoms with Gasteiger partial charge in [0.25, 0.3) is 11.8 Å². The summed E-state index contributed by atoms with van der Waals surface area (Å²) in [5.41, 5.74) is 3.87. The molecule has 1 atom stereocenters. The number of hydrogen-bond donors (Lipinski definition) is 0. The van der Waals surface area contributed by atoms with Crippen molar-refractivity contribution in [1.29, 1.82) is 0 Å². The molecule has 184 valence electrons. The third-order valence-corrected chi connectivity index (χ3v) is 6.84. The number of aryl methyl sites for hydroxylation is 2. The Morgan fingerprint density at radius 2 is 1.58 bits per heavy atom. The van der Waals surface area contributed by atoms with Gasteiger partial charge < -0.3 is 4.74 Å². The first kappa shape index (κ1) is 25.6. The van der Waals surface area contributed by atoms with E-state index in [0.29, 0.717) is 27.7 Å². The van der Waals surface area contributed by atoms with Crippen LogP contribution in [0.25, 0.3) is 6.08 Å². The van der Waals surface area contributed by atoms with Gasteiger partial charge in [0.1, 0.15) is 11.3 Å². The van der Waals surface area contributed by atoms with Crippen LogP contribution < -0.4 is 14.5 Å². The fourth-order valence-electron chi connectivity index (χ4n) is 3.80. The van der Waals surface area contributed by atoms with Crippen LogP contribution in [0.2, 0.25) is 5.02 Å². The van der Waals surface area contributed by atoms with Crippen molar-refractivity contribution in [3.63, 3.8) is 0 Å². The molecule has 4 rings (SSSR count). The Hall–Kier alpha value is -3.48. The first-order chi connectivity index (χ1) is 17.2. The van der Waals surface area contributed by atoms with Crippen molar-refractivity contribution >= 4 is 58.2 Å². The van der Waals surface area contributed by atoms with Gasteiger partial charge >= 0.3 is 0 Å². The van der Waals surface area contributed by atoms with E-state index in [4.69, 9.17) is 28.6 Å². The molecule has 0 unspecified atom stereocenters. The smallest absolute Gasteiger partial charge is 0.270 e. The van der Waals surface area contributed by atoms with Gasteiger partial charge in [0.05, 0.1) is 22.5 Å². The second-order valence-corrected chi connectivity index (χ2v) is 9.52. The average Bonchev–Trinajstić information content (AvgIpc) is 2.86. The zero-order valence-corrected chi connectivity index (χ0v) is 22.2. The molecule has 0 spiro atoms. The number of nitrogens with zero attached hydrogens (tertiary/aromatic N) is 2. The summed E-state index contributed by atoms with van der Waals surface area (Å²) in [6.45, 7) is 7.97. The van der Waals surface area contributed by atoms with Crippen molar-refractivity contribution in [1.82, 2.24) is 0 Å². The van der Waals surface area contributed by atoms with Crippen LogP contribution in [0.15, 0.2) is 72.3 Å². The minimum Gasteiger partial charge on any atom is -0.489 e. The maximum Gasteiger partial charge on any atom is 0.270 e. The van der Waals surface area contributed by atoms with Gasteiger partial charge in [-0.2, -0.15) is 0 Å². The lowest BCUT2D eigenvalue weighted by Crippen LogP contribution is -2.57. The largest absolute Gasteiger partial charge is 0.489 e. The van der Waals surface area contributed by atoms with Crippen LogP contribution in [0, 0.1) is 13.8 Å². The number of rotatable bonds is 6. The predicted octanol–water partition coefficient (Wildman–Crippen LogP) is 6.88. The highest BCUT2D eigenvalue weighted by Gasteiger charge is 2.41. The molecule has 3 aromatic carbocycles. The lowest BCUT2D eigenvalue weighted by molar-refractivity contribution is -0.120. The third kappa shape index (κ3) is 5.06. The molecule has 1 saturated heterocycles. The molecule has 1 fully saturated rings. The van der Waals surface area contributed by atoms with Gasteiger partial charge in [-0.25, -0.2) is 0 Å². The first-order valence-corrected chi connectivity index (χ1v) is 12.5. The minimum atomic E-state index is -0.493. The van der Waals surface area contributed by atoms with E-state index in [2.05, 4.69) is 0 Å². The average molecular weight is 519 g/mol. The second kappa shape index (κ2) is 10.6. The monoisotopic (exact) mass is 518 g/mol. The minimum absolute atomic E-state index is 0.0140. The van der Waals surface area contributed by atoms with Crippen molar-refractivity contribution in [2.45, 2.75) is 40.2 Å². The Morgan fingerprint density at radius 1 is 0.917 bits per heavy atom. The first-order valence-electron chi connectivity index (χ1n) is 11.7. The molecule has 36 heavy (non-hydrogen) atoms. The summed E-state index contributed by atoms with van der Waals surface area (Å²) in [7, 11) is 0. The van der Waals surface area contributed by atoms with Gasteiger partial charge in [0.15, 0.2) is 5.11 Å². The molecule has 7 heteroatoms.